The molecule has 1 atom stereocenters. The van der Waals surface area contributed by atoms with Crippen LogP contribution >= 0.6 is 0 Å². The van der Waals surface area contributed by atoms with Crippen LogP contribution in [0.2, 0.25) is 10.6 Å². The van der Waals surface area contributed by atoms with Crippen molar-refractivity contribution in [1.29, 1.82) is 0 Å². The van der Waals surface area contributed by atoms with Crippen LogP contribution in [0.1, 0.15) is 106 Å². The maximum absolute atomic E-state index is 6.89. The van der Waals surface area contributed by atoms with E-state index >= 15 is 0 Å². The molecule has 156 valence electrons. The molecule has 0 aromatic heterocycles. The fourth-order valence-electron chi connectivity index (χ4n) is 3.79. The summed E-state index contributed by atoms with van der Waals surface area (Å²) in [5.74, 6) is 1.42. The standard InChI is InChI=1S/C11H24NO.2C6H13.Al/c1-6-11(13)12(7-9(2)3)8-10(4)5;2*1-3-5-6-4-2;/h9-11H,6-8H2,1-5H3;2*1,3-6H2,2H3;/q-1;;;+1. The van der Waals surface area contributed by atoms with Crippen molar-refractivity contribution in [2.24, 2.45) is 11.8 Å². The van der Waals surface area contributed by atoms with Crippen molar-refractivity contribution in [3.63, 3.8) is 0 Å². The van der Waals surface area contributed by atoms with E-state index in [1.54, 1.807) is 0 Å². The minimum absolute atomic E-state index is 0.355. The Morgan fingerprint density at radius 2 is 1.15 bits per heavy atom. The Kier molecular flexibility index (Phi) is 17.8. The van der Waals surface area contributed by atoms with Gasteiger partial charge in [0.15, 0.2) is 0 Å². The van der Waals surface area contributed by atoms with Crippen LogP contribution in [-0.4, -0.2) is 38.7 Å². The highest BCUT2D eigenvalue weighted by molar-refractivity contribution is 6.51. The van der Waals surface area contributed by atoms with Crippen LogP contribution in [0.3, 0.4) is 0 Å². The van der Waals surface area contributed by atoms with Crippen molar-refractivity contribution in [2.45, 2.75) is 123 Å². The molecule has 0 saturated carbocycles. The highest BCUT2D eigenvalue weighted by atomic mass is 27.2. The first-order valence-electron chi connectivity index (χ1n) is 11.8. The summed E-state index contributed by atoms with van der Waals surface area (Å²) < 4.78 is 6.89. The van der Waals surface area contributed by atoms with Gasteiger partial charge in [0.05, 0.1) is 6.23 Å². The van der Waals surface area contributed by atoms with Crippen molar-refractivity contribution in [2.75, 3.05) is 13.1 Å². The molecule has 0 fully saturated rings. The molecule has 0 aromatic carbocycles. The highest BCUT2D eigenvalue weighted by Gasteiger charge is 2.27. The summed E-state index contributed by atoms with van der Waals surface area (Å²) in [6, 6.07) is 0. The minimum Gasteiger partial charge on any atom is -0.487 e. The van der Waals surface area contributed by atoms with E-state index in [4.69, 9.17) is 3.79 Å². The van der Waals surface area contributed by atoms with Crippen LogP contribution < -0.4 is 0 Å². The molecule has 0 radical (unpaired) electrons. The Balaban J connectivity index is 4.75. The van der Waals surface area contributed by atoms with Gasteiger partial charge < -0.3 is 3.79 Å². The van der Waals surface area contributed by atoms with Gasteiger partial charge in [-0.25, -0.2) is 0 Å². The van der Waals surface area contributed by atoms with Crippen molar-refractivity contribution >= 4 is 14.5 Å². The van der Waals surface area contributed by atoms with Crippen molar-refractivity contribution in [1.82, 2.24) is 4.90 Å². The molecular formula is C23H50AlNO. The van der Waals surface area contributed by atoms with Gasteiger partial charge in [-0.3, -0.25) is 4.90 Å². The van der Waals surface area contributed by atoms with Crippen LogP contribution in [0.15, 0.2) is 0 Å². The first-order valence-corrected chi connectivity index (χ1v) is 13.9. The summed E-state index contributed by atoms with van der Waals surface area (Å²) in [4.78, 5) is 2.65. The Hall–Kier alpha value is 0.452. The number of hydrogen-bond donors (Lipinski definition) is 0. The van der Waals surface area contributed by atoms with E-state index in [1.165, 1.54) is 75.0 Å². The fraction of sp³-hybridized carbons (Fsp3) is 1.00. The first kappa shape index (κ1) is 26.5. The third kappa shape index (κ3) is 14.5. The van der Waals surface area contributed by atoms with E-state index in [1.807, 2.05) is 0 Å². The average molecular weight is 384 g/mol. The quantitative estimate of drug-likeness (QED) is 0.138. The molecule has 0 rings (SSSR count). The van der Waals surface area contributed by atoms with Crippen LogP contribution in [0.4, 0.5) is 0 Å². The number of unbranched alkanes of at least 4 members (excludes halogenated alkanes) is 6. The summed E-state index contributed by atoms with van der Waals surface area (Å²) in [6.45, 7) is 18.6. The molecule has 0 aromatic rings. The number of nitrogens with zero attached hydrogens (tertiary/aromatic N) is 1. The molecule has 0 bridgehead atoms. The number of rotatable bonds is 18. The van der Waals surface area contributed by atoms with Gasteiger partial charge in [-0.05, 0) is 18.3 Å². The average Bonchev–Trinajstić information content (AvgIpc) is 2.58. The monoisotopic (exact) mass is 383 g/mol. The maximum atomic E-state index is 6.89. The molecule has 0 aliphatic carbocycles. The molecule has 0 aliphatic rings. The normalized spacial score (nSPS) is 13.2. The minimum atomic E-state index is -1.08. The molecule has 0 aliphatic heterocycles. The Labute approximate surface area is 171 Å². The lowest BCUT2D eigenvalue weighted by atomic mass is 10.1. The second kappa shape index (κ2) is 17.5. The predicted molar refractivity (Wildman–Crippen MR) is 120 cm³/mol. The van der Waals surface area contributed by atoms with Crippen LogP contribution in [-0.2, 0) is 3.79 Å². The van der Waals surface area contributed by atoms with E-state index < -0.39 is 14.5 Å². The van der Waals surface area contributed by atoms with Gasteiger partial charge in [0, 0.05) is 13.1 Å². The van der Waals surface area contributed by atoms with Gasteiger partial charge in [-0.15, -0.1) is 0 Å². The summed E-state index contributed by atoms with van der Waals surface area (Å²) in [6.07, 6.45) is 12.5. The SMILES string of the molecule is CCCCC[CH2][Al]([CH2]CCCCC)[O]C(CC)N(CC(C)C)CC(C)C. The molecule has 0 saturated heterocycles. The largest absolute Gasteiger partial charge is 0.487 e. The zero-order valence-corrected chi connectivity index (χ0v) is 20.5. The molecule has 0 N–H and O–H groups in total. The first-order chi connectivity index (χ1) is 12.4. The Bertz CT molecular complexity index is 274. The molecular weight excluding hydrogens is 333 g/mol. The van der Waals surface area contributed by atoms with Crippen LogP contribution in [0.25, 0.3) is 0 Å². The lowest BCUT2D eigenvalue weighted by Crippen LogP contribution is -2.44. The molecule has 26 heavy (non-hydrogen) atoms. The summed E-state index contributed by atoms with van der Waals surface area (Å²) in [5, 5.41) is 2.78. The number of hydrogen-bond acceptors (Lipinski definition) is 2. The van der Waals surface area contributed by atoms with Gasteiger partial charge >= 0.3 is 14.5 Å². The Morgan fingerprint density at radius 3 is 1.50 bits per heavy atom. The van der Waals surface area contributed by atoms with Crippen molar-refractivity contribution in [3.05, 3.63) is 0 Å². The van der Waals surface area contributed by atoms with Gasteiger partial charge in [-0.1, -0.05) is 110 Å². The van der Waals surface area contributed by atoms with E-state index in [9.17, 15) is 0 Å². The molecule has 0 amide bonds. The predicted octanol–water partition coefficient (Wildman–Crippen LogP) is 7.51. The van der Waals surface area contributed by atoms with Crippen molar-refractivity contribution in [3.8, 4) is 0 Å². The zero-order chi connectivity index (χ0) is 19.8. The zero-order valence-electron chi connectivity index (χ0n) is 19.4. The summed E-state index contributed by atoms with van der Waals surface area (Å²) in [5.41, 5.74) is 0. The third-order valence-electron chi connectivity index (χ3n) is 5.06. The smallest absolute Gasteiger partial charge is 0.461 e. The van der Waals surface area contributed by atoms with Gasteiger partial charge in [-0.2, -0.15) is 0 Å². The van der Waals surface area contributed by atoms with E-state index in [0.717, 1.165) is 6.42 Å². The topological polar surface area (TPSA) is 12.5 Å². The second-order valence-corrected chi connectivity index (χ2v) is 11.7. The van der Waals surface area contributed by atoms with Crippen LogP contribution in [0, 0.1) is 11.8 Å². The van der Waals surface area contributed by atoms with Crippen molar-refractivity contribution < 1.29 is 3.79 Å². The second-order valence-electron chi connectivity index (χ2n) is 9.06. The van der Waals surface area contributed by atoms with E-state index in [2.05, 4.69) is 53.4 Å². The fourth-order valence-corrected chi connectivity index (χ4v) is 6.65. The lowest BCUT2D eigenvalue weighted by Gasteiger charge is -2.36. The molecule has 2 nitrogen and oxygen atoms in total. The van der Waals surface area contributed by atoms with Crippen LogP contribution in [0.5, 0.6) is 0 Å². The molecule has 3 heteroatoms. The van der Waals surface area contributed by atoms with Gasteiger partial charge in [0.2, 0.25) is 0 Å². The third-order valence-corrected chi connectivity index (χ3v) is 7.87. The molecule has 0 spiro atoms. The van der Waals surface area contributed by atoms with E-state index in [-0.39, 0.29) is 0 Å². The van der Waals surface area contributed by atoms with Gasteiger partial charge in [0.25, 0.3) is 0 Å². The van der Waals surface area contributed by atoms with E-state index in [0.29, 0.717) is 18.1 Å². The molecule has 1 unspecified atom stereocenters. The molecule has 0 heterocycles. The maximum Gasteiger partial charge on any atom is 0.461 e. The summed E-state index contributed by atoms with van der Waals surface area (Å²) in [7, 11) is 0. The lowest BCUT2D eigenvalue weighted by molar-refractivity contribution is 0.00370. The Morgan fingerprint density at radius 1 is 0.692 bits per heavy atom. The highest BCUT2D eigenvalue weighted by Crippen LogP contribution is 2.20. The summed E-state index contributed by atoms with van der Waals surface area (Å²) >= 11 is -1.08. The van der Waals surface area contributed by atoms with Gasteiger partial charge in [0.1, 0.15) is 0 Å².